The fourth-order valence-corrected chi connectivity index (χ4v) is 4.36. The summed E-state index contributed by atoms with van der Waals surface area (Å²) in [7, 11) is 0. The van der Waals surface area contributed by atoms with E-state index in [0.29, 0.717) is 28.4 Å². The van der Waals surface area contributed by atoms with Crippen molar-refractivity contribution in [2.45, 2.75) is 38.5 Å². The van der Waals surface area contributed by atoms with Crippen LogP contribution in [0.4, 0.5) is 10.5 Å². The number of nitrogens with one attached hydrogen (secondary N) is 1. The molecule has 0 bridgehead atoms. The SMILES string of the molecule is CC(C)(C)OC(=O)N[C@@]1(c2ccccc2)C(=O)N(Cc2ccccc2)c2cccc(Cl)c21. The Morgan fingerprint density at radius 3 is 2.22 bits per heavy atom. The van der Waals surface area contributed by atoms with E-state index in [1.165, 1.54) is 0 Å². The van der Waals surface area contributed by atoms with Gasteiger partial charge in [0.15, 0.2) is 5.54 Å². The van der Waals surface area contributed by atoms with Crippen molar-refractivity contribution in [1.29, 1.82) is 0 Å². The number of alkyl carbamates (subject to hydrolysis) is 1. The van der Waals surface area contributed by atoms with Gasteiger partial charge in [0.2, 0.25) is 0 Å². The highest BCUT2D eigenvalue weighted by atomic mass is 35.5. The van der Waals surface area contributed by atoms with Gasteiger partial charge in [0, 0.05) is 10.6 Å². The average Bonchev–Trinajstić information content (AvgIpc) is 2.98. The first kappa shape index (κ1) is 21.9. The first-order chi connectivity index (χ1) is 15.2. The van der Waals surface area contributed by atoms with Gasteiger partial charge < -0.3 is 9.64 Å². The van der Waals surface area contributed by atoms with Gasteiger partial charge in [0.1, 0.15) is 5.60 Å². The Kier molecular flexibility index (Phi) is 5.70. The average molecular weight is 449 g/mol. The largest absolute Gasteiger partial charge is 0.444 e. The summed E-state index contributed by atoms with van der Waals surface area (Å²) in [5.41, 5.74) is 0.544. The molecule has 1 N–H and O–H groups in total. The molecule has 0 radical (unpaired) electrons. The van der Waals surface area contributed by atoms with Crippen molar-refractivity contribution in [3.05, 3.63) is 101 Å². The van der Waals surface area contributed by atoms with Gasteiger partial charge in [-0.1, -0.05) is 78.3 Å². The Labute approximate surface area is 193 Å². The molecule has 3 aromatic rings. The maximum absolute atomic E-state index is 14.1. The summed E-state index contributed by atoms with van der Waals surface area (Å²) in [5.74, 6) is -0.290. The number of nitrogens with zero attached hydrogens (tertiary/aromatic N) is 1. The summed E-state index contributed by atoms with van der Waals surface area (Å²) >= 11 is 6.68. The summed E-state index contributed by atoms with van der Waals surface area (Å²) < 4.78 is 5.54. The minimum Gasteiger partial charge on any atom is -0.444 e. The van der Waals surface area contributed by atoms with E-state index in [0.717, 1.165) is 5.56 Å². The quantitative estimate of drug-likeness (QED) is 0.560. The molecular weight excluding hydrogens is 424 g/mol. The molecule has 0 spiro atoms. The Bertz CT molecular complexity index is 1140. The molecule has 164 valence electrons. The molecule has 1 aliphatic rings. The molecule has 0 saturated carbocycles. The number of benzene rings is 3. The molecule has 0 aliphatic carbocycles. The molecule has 1 aliphatic heterocycles. The zero-order valence-corrected chi connectivity index (χ0v) is 19.0. The summed E-state index contributed by atoms with van der Waals surface area (Å²) in [6.07, 6.45) is -0.692. The molecule has 5 nitrogen and oxygen atoms in total. The van der Waals surface area contributed by atoms with Crippen molar-refractivity contribution >= 4 is 29.3 Å². The zero-order chi connectivity index (χ0) is 22.9. The Morgan fingerprint density at radius 2 is 1.59 bits per heavy atom. The topological polar surface area (TPSA) is 58.6 Å². The van der Waals surface area contributed by atoms with Crippen LogP contribution in [0.1, 0.15) is 37.5 Å². The third-order valence-corrected chi connectivity index (χ3v) is 5.62. The number of hydrogen-bond acceptors (Lipinski definition) is 3. The Hall–Kier alpha value is -3.31. The molecule has 2 amide bonds. The lowest BCUT2D eigenvalue weighted by atomic mass is 9.84. The van der Waals surface area contributed by atoms with Crippen molar-refractivity contribution in [3.8, 4) is 0 Å². The smallest absolute Gasteiger partial charge is 0.409 e. The fraction of sp³-hybridized carbons (Fsp3) is 0.231. The van der Waals surface area contributed by atoms with Gasteiger partial charge in [-0.15, -0.1) is 0 Å². The van der Waals surface area contributed by atoms with Crippen LogP contribution in [0.25, 0.3) is 0 Å². The second kappa shape index (κ2) is 8.32. The maximum Gasteiger partial charge on any atom is 0.409 e. The first-order valence-corrected chi connectivity index (χ1v) is 10.8. The molecule has 1 atom stereocenters. The van der Waals surface area contributed by atoms with Crippen LogP contribution < -0.4 is 10.2 Å². The van der Waals surface area contributed by atoms with Crippen molar-refractivity contribution in [1.82, 2.24) is 5.32 Å². The molecule has 0 fully saturated rings. The van der Waals surface area contributed by atoms with Crippen molar-refractivity contribution in [3.63, 3.8) is 0 Å². The highest BCUT2D eigenvalue weighted by Crippen LogP contribution is 2.48. The summed E-state index contributed by atoms with van der Waals surface area (Å²) in [4.78, 5) is 28.8. The van der Waals surface area contributed by atoms with E-state index in [2.05, 4.69) is 5.32 Å². The second-order valence-electron chi connectivity index (χ2n) is 8.75. The van der Waals surface area contributed by atoms with Crippen LogP contribution in [0, 0.1) is 0 Å². The predicted molar refractivity (Wildman–Crippen MR) is 126 cm³/mol. The van der Waals surface area contributed by atoms with Gasteiger partial charge in [-0.3, -0.25) is 10.1 Å². The van der Waals surface area contributed by atoms with Gasteiger partial charge in [-0.05, 0) is 44.0 Å². The third-order valence-electron chi connectivity index (χ3n) is 5.30. The number of rotatable bonds is 4. The van der Waals surface area contributed by atoms with Crippen LogP contribution in [0.2, 0.25) is 5.02 Å². The summed E-state index contributed by atoms with van der Waals surface area (Å²) in [6, 6.07) is 24.2. The zero-order valence-electron chi connectivity index (χ0n) is 18.3. The molecule has 1 heterocycles. The lowest BCUT2D eigenvalue weighted by Crippen LogP contribution is -2.54. The van der Waals surface area contributed by atoms with Crippen LogP contribution in [-0.2, 0) is 21.6 Å². The minimum absolute atomic E-state index is 0.290. The predicted octanol–water partition coefficient (Wildman–Crippen LogP) is 5.66. The first-order valence-electron chi connectivity index (χ1n) is 10.4. The van der Waals surface area contributed by atoms with Crippen LogP contribution in [-0.4, -0.2) is 17.6 Å². The molecule has 0 unspecified atom stereocenters. The minimum atomic E-state index is -1.51. The van der Waals surface area contributed by atoms with Gasteiger partial charge in [-0.25, -0.2) is 4.79 Å². The third kappa shape index (κ3) is 3.96. The number of anilines is 1. The van der Waals surface area contributed by atoms with Gasteiger partial charge >= 0.3 is 6.09 Å². The van der Waals surface area contributed by atoms with Crippen molar-refractivity contribution in [2.75, 3.05) is 4.90 Å². The number of hydrogen-bond donors (Lipinski definition) is 1. The van der Waals surface area contributed by atoms with E-state index >= 15 is 0 Å². The van der Waals surface area contributed by atoms with Crippen molar-refractivity contribution in [2.24, 2.45) is 0 Å². The van der Waals surface area contributed by atoms with Gasteiger partial charge in [0.25, 0.3) is 5.91 Å². The standard InChI is InChI=1S/C26H25ClN2O3/c1-25(2,3)32-24(31)28-26(19-13-8-5-9-14-19)22-20(27)15-10-16-21(22)29(23(26)30)17-18-11-6-4-7-12-18/h4-16H,17H2,1-3H3,(H,28,31)/t26-/m1/s1. The summed E-state index contributed by atoms with van der Waals surface area (Å²) in [6.45, 7) is 5.68. The number of amides is 2. The Balaban J connectivity index is 1.89. The van der Waals surface area contributed by atoms with Crippen LogP contribution in [0.5, 0.6) is 0 Å². The number of halogens is 1. The van der Waals surface area contributed by atoms with Crippen LogP contribution in [0.15, 0.2) is 78.9 Å². The highest BCUT2D eigenvalue weighted by Gasteiger charge is 2.55. The van der Waals surface area contributed by atoms with Gasteiger partial charge in [-0.2, -0.15) is 0 Å². The number of carbonyl (C=O) groups is 2. The molecule has 6 heteroatoms. The number of fused-ring (bicyclic) bond motifs is 1. The fourth-order valence-electron chi connectivity index (χ4n) is 4.05. The molecular formula is C26H25ClN2O3. The molecule has 32 heavy (non-hydrogen) atoms. The lowest BCUT2D eigenvalue weighted by Gasteiger charge is -2.32. The summed E-state index contributed by atoms with van der Waals surface area (Å²) in [5, 5.41) is 3.29. The lowest BCUT2D eigenvalue weighted by molar-refractivity contribution is -0.123. The van der Waals surface area contributed by atoms with E-state index in [9.17, 15) is 9.59 Å². The van der Waals surface area contributed by atoms with E-state index in [1.807, 2.05) is 66.7 Å². The number of ether oxygens (including phenoxy) is 1. The molecule has 4 rings (SSSR count). The van der Waals surface area contributed by atoms with Crippen molar-refractivity contribution < 1.29 is 14.3 Å². The highest BCUT2D eigenvalue weighted by molar-refractivity contribution is 6.33. The monoisotopic (exact) mass is 448 g/mol. The van der Waals surface area contributed by atoms with E-state index in [-0.39, 0.29) is 5.91 Å². The normalized spacial score (nSPS) is 17.8. The second-order valence-corrected chi connectivity index (χ2v) is 9.16. The van der Waals surface area contributed by atoms with E-state index < -0.39 is 17.2 Å². The number of carbonyl (C=O) groups excluding carboxylic acids is 2. The van der Waals surface area contributed by atoms with E-state index in [4.69, 9.17) is 16.3 Å². The molecule has 0 aromatic heterocycles. The van der Waals surface area contributed by atoms with Crippen LogP contribution >= 0.6 is 11.6 Å². The van der Waals surface area contributed by atoms with Crippen LogP contribution in [0.3, 0.4) is 0 Å². The Morgan fingerprint density at radius 1 is 0.969 bits per heavy atom. The molecule has 3 aromatic carbocycles. The maximum atomic E-state index is 14.1. The molecule has 0 saturated heterocycles. The van der Waals surface area contributed by atoms with Gasteiger partial charge in [0.05, 0.1) is 12.2 Å². The van der Waals surface area contributed by atoms with E-state index in [1.54, 1.807) is 37.8 Å².